The maximum Gasteiger partial charge on any atom is 0.258 e. The minimum Gasteiger partial charge on any atom is -0.495 e. The number of aryl methyl sites for hydroxylation is 1. The molecule has 1 amide bonds. The van der Waals surface area contributed by atoms with Gasteiger partial charge in [-0.3, -0.25) is 4.79 Å². The number of nitrogens with zero attached hydrogens (tertiary/aromatic N) is 2. The first-order valence-corrected chi connectivity index (χ1v) is 9.20. The molecule has 0 aliphatic heterocycles. The molecular formula is C21H21ClN4O2. The van der Waals surface area contributed by atoms with Crippen LogP contribution < -0.4 is 15.4 Å². The van der Waals surface area contributed by atoms with Crippen LogP contribution >= 0.6 is 11.6 Å². The molecular weight excluding hydrogens is 376 g/mol. The molecule has 2 N–H and O–H groups in total. The Labute approximate surface area is 168 Å². The van der Waals surface area contributed by atoms with Gasteiger partial charge in [-0.1, -0.05) is 41.9 Å². The van der Waals surface area contributed by atoms with Gasteiger partial charge in [0.2, 0.25) is 5.95 Å². The van der Waals surface area contributed by atoms with E-state index in [0.29, 0.717) is 34.5 Å². The number of methoxy groups -OCH3 is 1. The zero-order chi connectivity index (χ0) is 19.9. The van der Waals surface area contributed by atoms with Crippen LogP contribution in [0.25, 0.3) is 0 Å². The summed E-state index contributed by atoms with van der Waals surface area (Å²) in [4.78, 5) is 20.9. The first-order valence-electron chi connectivity index (χ1n) is 8.82. The number of carbonyl (C=O) groups excluding carboxylic acids is 1. The minimum absolute atomic E-state index is 0.323. The summed E-state index contributed by atoms with van der Waals surface area (Å²) in [5.41, 5.74) is 2.97. The van der Waals surface area contributed by atoms with E-state index in [4.69, 9.17) is 16.3 Å². The molecule has 3 rings (SSSR count). The van der Waals surface area contributed by atoms with Crippen molar-refractivity contribution in [1.29, 1.82) is 0 Å². The van der Waals surface area contributed by atoms with E-state index in [1.54, 1.807) is 12.1 Å². The fourth-order valence-electron chi connectivity index (χ4n) is 2.62. The molecule has 0 saturated heterocycles. The molecule has 144 valence electrons. The molecule has 0 atom stereocenters. The van der Waals surface area contributed by atoms with Crippen LogP contribution in [0.5, 0.6) is 5.75 Å². The van der Waals surface area contributed by atoms with Crippen molar-refractivity contribution in [3.8, 4) is 5.75 Å². The van der Waals surface area contributed by atoms with E-state index in [2.05, 4.69) is 32.7 Å². The normalized spacial score (nSPS) is 10.4. The zero-order valence-electron chi connectivity index (χ0n) is 15.7. The number of ether oxygens (including phenoxy) is 1. The van der Waals surface area contributed by atoms with Gasteiger partial charge in [-0.05, 0) is 30.5 Å². The Morgan fingerprint density at radius 2 is 1.86 bits per heavy atom. The number of amides is 1. The summed E-state index contributed by atoms with van der Waals surface area (Å²) >= 11 is 6.10. The summed E-state index contributed by atoms with van der Waals surface area (Å²) in [6, 6.07) is 13.6. The maximum absolute atomic E-state index is 12.5. The number of carbonyl (C=O) groups is 1. The Balaban J connectivity index is 1.60. The third-order valence-electron chi connectivity index (χ3n) is 4.18. The summed E-state index contributed by atoms with van der Waals surface area (Å²) in [5.74, 6) is 0.646. The van der Waals surface area contributed by atoms with Gasteiger partial charge in [-0.25, -0.2) is 9.97 Å². The van der Waals surface area contributed by atoms with Gasteiger partial charge in [0.15, 0.2) is 0 Å². The number of anilines is 2. The molecule has 0 aliphatic carbocycles. The van der Waals surface area contributed by atoms with Gasteiger partial charge < -0.3 is 15.4 Å². The van der Waals surface area contributed by atoms with Crippen molar-refractivity contribution in [3.05, 3.63) is 76.6 Å². The molecule has 28 heavy (non-hydrogen) atoms. The maximum atomic E-state index is 12.5. The molecule has 2 aromatic carbocycles. The van der Waals surface area contributed by atoms with Crippen LogP contribution in [-0.2, 0) is 6.42 Å². The Hall–Kier alpha value is -3.12. The van der Waals surface area contributed by atoms with Gasteiger partial charge in [0.1, 0.15) is 5.75 Å². The van der Waals surface area contributed by atoms with E-state index in [0.717, 1.165) is 12.0 Å². The van der Waals surface area contributed by atoms with Crippen molar-refractivity contribution in [2.75, 3.05) is 24.3 Å². The monoisotopic (exact) mass is 396 g/mol. The Morgan fingerprint density at radius 1 is 1.14 bits per heavy atom. The van der Waals surface area contributed by atoms with Crippen molar-refractivity contribution in [2.24, 2.45) is 0 Å². The molecule has 0 spiro atoms. The summed E-state index contributed by atoms with van der Waals surface area (Å²) < 4.78 is 5.28. The van der Waals surface area contributed by atoms with E-state index < -0.39 is 0 Å². The van der Waals surface area contributed by atoms with Crippen LogP contribution in [0.4, 0.5) is 11.6 Å². The van der Waals surface area contributed by atoms with Crippen molar-refractivity contribution in [2.45, 2.75) is 13.3 Å². The lowest BCUT2D eigenvalue weighted by atomic mass is 10.1. The number of rotatable bonds is 7. The second kappa shape index (κ2) is 9.19. The van der Waals surface area contributed by atoms with Crippen LogP contribution in [-0.4, -0.2) is 29.5 Å². The Morgan fingerprint density at radius 3 is 2.54 bits per heavy atom. The summed E-state index contributed by atoms with van der Waals surface area (Å²) in [6.07, 6.45) is 3.84. The van der Waals surface area contributed by atoms with Crippen LogP contribution in [0.3, 0.4) is 0 Å². The van der Waals surface area contributed by atoms with Crippen molar-refractivity contribution in [1.82, 2.24) is 9.97 Å². The molecule has 1 heterocycles. The number of aromatic nitrogens is 2. The second-order valence-corrected chi connectivity index (χ2v) is 6.62. The molecule has 0 radical (unpaired) electrons. The number of hydrogen-bond donors (Lipinski definition) is 2. The lowest BCUT2D eigenvalue weighted by Gasteiger charge is -2.12. The van der Waals surface area contributed by atoms with Crippen molar-refractivity contribution >= 4 is 29.1 Å². The molecule has 0 unspecified atom stereocenters. The first kappa shape index (κ1) is 19.6. The molecule has 0 bridgehead atoms. The second-order valence-electron chi connectivity index (χ2n) is 6.21. The minimum atomic E-state index is -0.323. The van der Waals surface area contributed by atoms with Gasteiger partial charge in [0.05, 0.1) is 18.4 Å². The highest BCUT2D eigenvalue weighted by molar-refractivity contribution is 6.31. The van der Waals surface area contributed by atoms with E-state index in [1.807, 2.05) is 25.1 Å². The largest absolute Gasteiger partial charge is 0.495 e. The third kappa shape index (κ3) is 4.98. The smallest absolute Gasteiger partial charge is 0.258 e. The average molecular weight is 397 g/mol. The standard InChI is InChI=1S/C21H21ClN4O2/c1-14-10-18(19(28-2)11-17(14)22)26-20(27)16-12-24-21(25-13-16)23-9-8-15-6-4-3-5-7-15/h3-7,10-13H,8-9H2,1-2H3,(H,26,27)(H,23,24,25). The highest BCUT2D eigenvalue weighted by Gasteiger charge is 2.13. The third-order valence-corrected chi connectivity index (χ3v) is 4.59. The predicted molar refractivity (Wildman–Crippen MR) is 111 cm³/mol. The highest BCUT2D eigenvalue weighted by Crippen LogP contribution is 2.31. The summed E-state index contributed by atoms with van der Waals surface area (Å²) in [6.45, 7) is 2.56. The number of nitrogens with one attached hydrogen (secondary N) is 2. The molecule has 7 heteroatoms. The SMILES string of the molecule is COc1cc(Cl)c(C)cc1NC(=O)c1cnc(NCCc2ccccc2)nc1. The van der Waals surface area contributed by atoms with Gasteiger partial charge in [-0.15, -0.1) is 0 Å². The zero-order valence-corrected chi connectivity index (χ0v) is 16.5. The molecule has 3 aromatic rings. The van der Waals surface area contributed by atoms with E-state index in [9.17, 15) is 4.79 Å². The fourth-order valence-corrected chi connectivity index (χ4v) is 2.78. The van der Waals surface area contributed by atoms with E-state index >= 15 is 0 Å². The van der Waals surface area contributed by atoms with Crippen molar-refractivity contribution in [3.63, 3.8) is 0 Å². The number of halogens is 1. The van der Waals surface area contributed by atoms with Crippen LogP contribution in [0.15, 0.2) is 54.9 Å². The quantitative estimate of drug-likeness (QED) is 0.620. The lowest BCUT2D eigenvalue weighted by molar-refractivity contribution is 0.102. The molecule has 6 nitrogen and oxygen atoms in total. The fraction of sp³-hybridized carbons (Fsp3) is 0.190. The van der Waals surface area contributed by atoms with Crippen LogP contribution in [0, 0.1) is 6.92 Å². The molecule has 0 aliphatic rings. The Bertz CT molecular complexity index is 947. The summed E-state index contributed by atoms with van der Waals surface area (Å²) in [5, 5.41) is 6.53. The molecule has 0 saturated carbocycles. The number of hydrogen-bond acceptors (Lipinski definition) is 5. The number of benzene rings is 2. The topological polar surface area (TPSA) is 76.1 Å². The van der Waals surface area contributed by atoms with Crippen molar-refractivity contribution < 1.29 is 9.53 Å². The van der Waals surface area contributed by atoms with Gasteiger partial charge in [0.25, 0.3) is 5.91 Å². The van der Waals surface area contributed by atoms with Gasteiger partial charge in [-0.2, -0.15) is 0 Å². The summed E-state index contributed by atoms with van der Waals surface area (Å²) in [7, 11) is 1.52. The molecule has 1 aromatic heterocycles. The first-order chi connectivity index (χ1) is 13.6. The lowest BCUT2D eigenvalue weighted by Crippen LogP contribution is -2.14. The molecule has 0 fully saturated rings. The predicted octanol–water partition coefficient (Wildman–Crippen LogP) is 4.35. The average Bonchev–Trinajstić information content (AvgIpc) is 2.72. The van der Waals surface area contributed by atoms with Gasteiger partial charge in [0, 0.05) is 30.0 Å². The van der Waals surface area contributed by atoms with E-state index in [-0.39, 0.29) is 5.91 Å². The van der Waals surface area contributed by atoms with E-state index in [1.165, 1.54) is 25.1 Å². The highest BCUT2D eigenvalue weighted by atomic mass is 35.5. The Kier molecular flexibility index (Phi) is 6.45. The van der Waals surface area contributed by atoms with Crippen LogP contribution in [0.1, 0.15) is 21.5 Å². The van der Waals surface area contributed by atoms with Gasteiger partial charge >= 0.3 is 0 Å². The van der Waals surface area contributed by atoms with Crippen LogP contribution in [0.2, 0.25) is 5.02 Å².